The molecule has 1 aromatic heterocycles. The molecule has 0 fully saturated rings. The molecule has 0 N–H and O–H groups in total. The number of aryl methyl sites for hydroxylation is 3. The standard InChI is InChI=1S/C15H26N/c1-5-9-15-14(8-4)11-13(7-3)12-16(15)10-6-2/h11-12H,5-10H2,1-4H3/q+1. The van der Waals surface area contributed by atoms with Crippen molar-refractivity contribution in [3.63, 3.8) is 0 Å². The van der Waals surface area contributed by atoms with Crippen LogP contribution >= 0.6 is 0 Å². The predicted octanol–water partition coefficient (Wildman–Crippen LogP) is 3.46. The maximum absolute atomic E-state index is 2.49. The maximum atomic E-state index is 2.49. The summed E-state index contributed by atoms with van der Waals surface area (Å²) in [5.41, 5.74) is 4.59. The zero-order valence-electron chi connectivity index (χ0n) is 11.3. The second-order valence-corrected chi connectivity index (χ2v) is 4.47. The Kier molecular flexibility index (Phi) is 5.51. The van der Waals surface area contributed by atoms with Crippen molar-refractivity contribution in [2.45, 2.75) is 66.3 Å². The fraction of sp³-hybridized carbons (Fsp3) is 0.667. The molecule has 16 heavy (non-hydrogen) atoms. The predicted molar refractivity (Wildman–Crippen MR) is 69.7 cm³/mol. The third kappa shape index (κ3) is 3.07. The van der Waals surface area contributed by atoms with Crippen molar-refractivity contribution in [1.29, 1.82) is 0 Å². The van der Waals surface area contributed by atoms with Gasteiger partial charge < -0.3 is 0 Å². The Bertz CT molecular complexity index is 328. The third-order valence-electron chi connectivity index (χ3n) is 3.14. The van der Waals surface area contributed by atoms with Crippen LogP contribution < -0.4 is 4.57 Å². The third-order valence-corrected chi connectivity index (χ3v) is 3.14. The number of hydrogen-bond acceptors (Lipinski definition) is 0. The summed E-state index contributed by atoms with van der Waals surface area (Å²) in [4.78, 5) is 0. The summed E-state index contributed by atoms with van der Waals surface area (Å²) in [5, 5.41) is 0. The van der Waals surface area contributed by atoms with E-state index >= 15 is 0 Å². The molecule has 0 aliphatic heterocycles. The number of pyridine rings is 1. The van der Waals surface area contributed by atoms with Crippen LogP contribution in [-0.2, 0) is 25.8 Å². The first kappa shape index (κ1) is 13.2. The fourth-order valence-electron chi connectivity index (χ4n) is 2.29. The van der Waals surface area contributed by atoms with E-state index in [1.807, 2.05) is 0 Å². The molecule has 0 aliphatic rings. The first-order valence-electron chi connectivity index (χ1n) is 6.80. The molecule has 90 valence electrons. The van der Waals surface area contributed by atoms with Gasteiger partial charge in [-0.05, 0) is 25.3 Å². The Morgan fingerprint density at radius 2 is 1.75 bits per heavy atom. The molecule has 0 saturated heterocycles. The highest BCUT2D eigenvalue weighted by Gasteiger charge is 2.15. The molecular weight excluding hydrogens is 194 g/mol. The first-order chi connectivity index (χ1) is 7.76. The molecule has 1 heteroatoms. The molecule has 0 saturated carbocycles. The molecule has 0 amide bonds. The van der Waals surface area contributed by atoms with Crippen LogP contribution in [0.2, 0.25) is 0 Å². The minimum atomic E-state index is 1.14. The molecule has 0 aliphatic carbocycles. The zero-order chi connectivity index (χ0) is 12.0. The number of hydrogen-bond donors (Lipinski definition) is 0. The highest BCUT2D eigenvalue weighted by molar-refractivity contribution is 5.21. The lowest BCUT2D eigenvalue weighted by Crippen LogP contribution is -2.39. The average Bonchev–Trinajstić information content (AvgIpc) is 2.31. The van der Waals surface area contributed by atoms with Crippen LogP contribution in [-0.4, -0.2) is 0 Å². The van der Waals surface area contributed by atoms with E-state index in [1.165, 1.54) is 24.8 Å². The highest BCUT2D eigenvalue weighted by atomic mass is 15.0. The number of aromatic nitrogens is 1. The molecule has 0 atom stereocenters. The van der Waals surface area contributed by atoms with Crippen LogP contribution in [0.5, 0.6) is 0 Å². The van der Waals surface area contributed by atoms with E-state index in [2.05, 4.69) is 44.5 Å². The quantitative estimate of drug-likeness (QED) is 0.646. The minimum Gasteiger partial charge on any atom is -0.202 e. The number of nitrogens with zero attached hydrogens (tertiary/aromatic N) is 1. The topological polar surface area (TPSA) is 3.88 Å². The van der Waals surface area contributed by atoms with Crippen LogP contribution in [0.3, 0.4) is 0 Å². The summed E-state index contributed by atoms with van der Waals surface area (Å²) in [6.45, 7) is 10.2. The van der Waals surface area contributed by atoms with Crippen molar-refractivity contribution >= 4 is 0 Å². The van der Waals surface area contributed by atoms with Gasteiger partial charge in [0.25, 0.3) is 0 Å². The van der Waals surface area contributed by atoms with Gasteiger partial charge in [-0.25, -0.2) is 4.57 Å². The molecule has 0 spiro atoms. The van der Waals surface area contributed by atoms with E-state index in [0.717, 1.165) is 19.4 Å². The van der Waals surface area contributed by atoms with E-state index in [0.29, 0.717) is 0 Å². The molecular formula is C15H26N+. The van der Waals surface area contributed by atoms with Gasteiger partial charge in [0.1, 0.15) is 6.54 Å². The summed E-state index contributed by atoms with van der Waals surface area (Å²) in [5.74, 6) is 0. The summed E-state index contributed by atoms with van der Waals surface area (Å²) in [6, 6.07) is 2.40. The zero-order valence-corrected chi connectivity index (χ0v) is 11.3. The largest absolute Gasteiger partial charge is 0.202 e. The van der Waals surface area contributed by atoms with Gasteiger partial charge in [0.05, 0.1) is 0 Å². The van der Waals surface area contributed by atoms with Gasteiger partial charge >= 0.3 is 0 Å². The molecule has 0 bridgehead atoms. The summed E-state index contributed by atoms with van der Waals surface area (Å²) >= 11 is 0. The monoisotopic (exact) mass is 220 g/mol. The molecule has 1 rings (SSSR count). The Morgan fingerprint density at radius 1 is 1.00 bits per heavy atom. The molecule has 0 radical (unpaired) electrons. The summed E-state index contributed by atoms with van der Waals surface area (Å²) < 4.78 is 2.49. The summed E-state index contributed by atoms with van der Waals surface area (Å²) in [7, 11) is 0. The van der Waals surface area contributed by atoms with E-state index < -0.39 is 0 Å². The SMILES string of the molecule is CCCc1c(CC)cc(CC)c[n+]1CCC. The van der Waals surface area contributed by atoms with Crippen molar-refractivity contribution in [3.8, 4) is 0 Å². The Morgan fingerprint density at radius 3 is 2.25 bits per heavy atom. The average molecular weight is 220 g/mol. The van der Waals surface area contributed by atoms with Crippen molar-refractivity contribution in [1.82, 2.24) is 0 Å². The van der Waals surface area contributed by atoms with Gasteiger partial charge in [-0.2, -0.15) is 0 Å². The lowest BCUT2D eigenvalue weighted by atomic mass is 10.0. The van der Waals surface area contributed by atoms with Crippen LogP contribution in [0.1, 0.15) is 57.4 Å². The molecule has 0 unspecified atom stereocenters. The second kappa shape index (κ2) is 6.67. The second-order valence-electron chi connectivity index (χ2n) is 4.47. The molecule has 1 nitrogen and oxygen atoms in total. The summed E-state index contributed by atoms with van der Waals surface area (Å²) in [6.07, 6.45) is 8.33. The maximum Gasteiger partial charge on any atom is 0.184 e. The molecule has 1 heterocycles. The van der Waals surface area contributed by atoms with Crippen LogP contribution in [0, 0.1) is 0 Å². The van der Waals surface area contributed by atoms with Crippen molar-refractivity contribution in [2.24, 2.45) is 0 Å². The Hall–Kier alpha value is -0.850. The van der Waals surface area contributed by atoms with Crippen LogP contribution in [0.25, 0.3) is 0 Å². The van der Waals surface area contributed by atoms with E-state index in [-0.39, 0.29) is 0 Å². The normalized spacial score (nSPS) is 10.8. The van der Waals surface area contributed by atoms with Gasteiger partial charge in [-0.15, -0.1) is 0 Å². The highest BCUT2D eigenvalue weighted by Crippen LogP contribution is 2.11. The lowest BCUT2D eigenvalue weighted by molar-refractivity contribution is -0.704. The lowest BCUT2D eigenvalue weighted by Gasteiger charge is -2.09. The Balaban J connectivity index is 3.17. The first-order valence-corrected chi connectivity index (χ1v) is 6.80. The minimum absolute atomic E-state index is 1.14. The van der Waals surface area contributed by atoms with Crippen molar-refractivity contribution in [2.75, 3.05) is 0 Å². The smallest absolute Gasteiger partial charge is 0.184 e. The van der Waals surface area contributed by atoms with E-state index in [4.69, 9.17) is 0 Å². The molecule has 0 aromatic carbocycles. The van der Waals surface area contributed by atoms with Gasteiger partial charge in [0.2, 0.25) is 0 Å². The van der Waals surface area contributed by atoms with Gasteiger partial charge in [0, 0.05) is 24.0 Å². The van der Waals surface area contributed by atoms with Crippen LogP contribution in [0.15, 0.2) is 12.3 Å². The molecule has 1 aromatic rings. The van der Waals surface area contributed by atoms with Crippen molar-refractivity contribution in [3.05, 3.63) is 29.1 Å². The number of rotatable bonds is 6. The Labute approximate surface area is 101 Å². The van der Waals surface area contributed by atoms with E-state index in [1.54, 1.807) is 11.3 Å². The van der Waals surface area contributed by atoms with Gasteiger partial charge in [-0.1, -0.05) is 27.7 Å². The fourth-order valence-corrected chi connectivity index (χ4v) is 2.29. The van der Waals surface area contributed by atoms with Crippen molar-refractivity contribution < 1.29 is 4.57 Å². The van der Waals surface area contributed by atoms with Gasteiger partial charge in [-0.3, -0.25) is 0 Å². The van der Waals surface area contributed by atoms with Gasteiger partial charge in [0.15, 0.2) is 11.9 Å². The van der Waals surface area contributed by atoms with E-state index in [9.17, 15) is 0 Å². The van der Waals surface area contributed by atoms with Crippen LogP contribution in [0.4, 0.5) is 0 Å².